The Morgan fingerprint density at radius 1 is 1.19 bits per heavy atom. The van der Waals surface area contributed by atoms with Gasteiger partial charge in [0.15, 0.2) is 24.4 Å². The third kappa shape index (κ3) is 6.40. The highest BCUT2D eigenvalue weighted by atomic mass is 16.7. The van der Waals surface area contributed by atoms with Crippen molar-refractivity contribution in [1.82, 2.24) is 10.2 Å². The Morgan fingerprint density at radius 2 is 1.95 bits per heavy atom. The number of carbonyl (C=O) groups excluding carboxylic acids is 2. The minimum Gasteiger partial charge on any atom is -0.456 e. The lowest BCUT2D eigenvalue weighted by atomic mass is 10.0. The van der Waals surface area contributed by atoms with Crippen molar-refractivity contribution in [1.29, 1.82) is 0 Å². The number of carboxylic acid groups (broad SMARTS) is 1. The zero-order chi connectivity index (χ0) is 26.5. The predicted octanol–water partition coefficient (Wildman–Crippen LogP) is 2.99. The third-order valence-corrected chi connectivity index (χ3v) is 7.13. The molecule has 11 nitrogen and oxygen atoms in total. The number of fused-ring (bicyclic) bond motifs is 1. The van der Waals surface area contributed by atoms with E-state index in [1.54, 1.807) is 6.92 Å². The first kappa shape index (κ1) is 26.5. The molecule has 0 radical (unpaired) electrons. The number of amides is 1. The number of aryl methyl sites for hydroxylation is 2. The molecule has 1 saturated carbocycles. The SMILES string of the molecule is Cc1oc(=O)oc1COC(=O)[C@H](CCc1ccccc1)N[C@@H](C)C(=O)N1[C@@H](OC(=O)O)C[C@@H]2CCC[C@@H]21. The monoisotopic (exact) mass is 516 g/mol. The number of nitrogens with zero attached hydrogens (tertiary/aromatic N) is 1. The molecule has 1 aromatic heterocycles. The Labute approximate surface area is 213 Å². The van der Waals surface area contributed by atoms with Crippen molar-refractivity contribution in [2.24, 2.45) is 5.92 Å². The quantitative estimate of drug-likeness (QED) is 0.451. The van der Waals surface area contributed by atoms with Gasteiger partial charge in [-0.3, -0.25) is 14.9 Å². The van der Waals surface area contributed by atoms with Crippen LogP contribution >= 0.6 is 0 Å². The average Bonchev–Trinajstić information content (AvgIpc) is 3.53. The second-order valence-electron chi connectivity index (χ2n) is 9.58. The van der Waals surface area contributed by atoms with Crippen molar-refractivity contribution < 1.29 is 37.8 Å². The van der Waals surface area contributed by atoms with E-state index in [9.17, 15) is 24.3 Å². The van der Waals surface area contributed by atoms with Crippen molar-refractivity contribution in [3.63, 3.8) is 0 Å². The number of benzene rings is 1. The Bertz CT molecular complexity index is 1160. The molecule has 1 aliphatic carbocycles. The first-order valence-corrected chi connectivity index (χ1v) is 12.5. The van der Waals surface area contributed by atoms with Crippen molar-refractivity contribution in [3.8, 4) is 0 Å². The minimum atomic E-state index is -1.42. The van der Waals surface area contributed by atoms with Gasteiger partial charge in [0.05, 0.1) is 6.04 Å². The third-order valence-electron chi connectivity index (χ3n) is 7.13. The number of hydrogen-bond acceptors (Lipinski definition) is 9. The van der Waals surface area contributed by atoms with Crippen LogP contribution in [0.3, 0.4) is 0 Å². The highest BCUT2D eigenvalue weighted by Crippen LogP contribution is 2.42. The summed E-state index contributed by atoms with van der Waals surface area (Å²) < 4.78 is 20.2. The van der Waals surface area contributed by atoms with Gasteiger partial charge >= 0.3 is 17.9 Å². The Morgan fingerprint density at radius 3 is 2.62 bits per heavy atom. The second-order valence-corrected chi connectivity index (χ2v) is 9.58. The molecule has 37 heavy (non-hydrogen) atoms. The number of esters is 1. The lowest BCUT2D eigenvalue weighted by molar-refractivity contribution is -0.149. The van der Waals surface area contributed by atoms with Crippen LogP contribution in [0.5, 0.6) is 0 Å². The number of carbonyl (C=O) groups is 3. The van der Waals surface area contributed by atoms with Crippen molar-refractivity contribution in [2.75, 3.05) is 0 Å². The molecule has 1 aliphatic heterocycles. The topological polar surface area (TPSA) is 149 Å². The van der Waals surface area contributed by atoms with E-state index in [0.717, 1.165) is 24.8 Å². The summed E-state index contributed by atoms with van der Waals surface area (Å²) >= 11 is 0. The molecule has 0 spiro atoms. The molecule has 1 aromatic carbocycles. The molecule has 2 aromatic rings. The molecule has 2 aliphatic rings. The second kappa shape index (κ2) is 11.6. The summed E-state index contributed by atoms with van der Waals surface area (Å²) in [6.07, 6.45) is 1.78. The van der Waals surface area contributed by atoms with Crippen LogP contribution in [0.25, 0.3) is 0 Å². The van der Waals surface area contributed by atoms with Crippen LogP contribution in [0.4, 0.5) is 4.79 Å². The highest BCUT2D eigenvalue weighted by Gasteiger charge is 2.48. The minimum absolute atomic E-state index is 0.0808. The van der Waals surface area contributed by atoms with Crippen molar-refractivity contribution >= 4 is 18.0 Å². The normalized spacial score (nSPS) is 22.3. The van der Waals surface area contributed by atoms with Crippen LogP contribution in [0.15, 0.2) is 44.0 Å². The average molecular weight is 517 g/mol. The molecule has 0 unspecified atom stereocenters. The summed E-state index contributed by atoms with van der Waals surface area (Å²) in [7, 11) is 0. The smallest absolute Gasteiger partial charge is 0.456 e. The predicted molar refractivity (Wildman–Crippen MR) is 128 cm³/mol. The van der Waals surface area contributed by atoms with Crippen LogP contribution in [-0.4, -0.2) is 52.4 Å². The maximum Gasteiger partial charge on any atom is 0.519 e. The summed E-state index contributed by atoms with van der Waals surface area (Å²) in [5.74, 6) is -1.28. The van der Waals surface area contributed by atoms with Gasteiger partial charge in [-0.25, -0.2) is 9.59 Å². The number of hydrogen-bond donors (Lipinski definition) is 2. The molecule has 11 heteroatoms. The summed E-state index contributed by atoms with van der Waals surface area (Å²) in [4.78, 5) is 50.7. The van der Waals surface area contributed by atoms with E-state index >= 15 is 0 Å². The van der Waals surface area contributed by atoms with E-state index in [0.29, 0.717) is 19.3 Å². The van der Waals surface area contributed by atoms with E-state index in [1.165, 1.54) is 11.8 Å². The first-order valence-electron chi connectivity index (χ1n) is 12.5. The fraction of sp³-hybridized carbons (Fsp3) is 0.538. The summed E-state index contributed by atoms with van der Waals surface area (Å²) in [5.41, 5.74) is 1.01. The van der Waals surface area contributed by atoms with Crippen LogP contribution in [0.2, 0.25) is 0 Å². The summed E-state index contributed by atoms with van der Waals surface area (Å²) in [5, 5.41) is 12.3. The number of rotatable bonds is 10. The largest absolute Gasteiger partial charge is 0.519 e. The summed E-state index contributed by atoms with van der Waals surface area (Å²) in [6.45, 7) is 2.89. The van der Waals surface area contributed by atoms with Crippen LogP contribution in [-0.2, 0) is 32.1 Å². The van der Waals surface area contributed by atoms with E-state index < -0.39 is 36.3 Å². The Hall–Kier alpha value is -3.60. The number of nitrogens with one attached hydrogen (secondary N) is 1. The van der Waals surface area contributed by atoms with Gasteiger partial charge < -0.3 is 28.3 Å². The van der Waals surface area contributed by atoms with E-state index in [1.807, 2.05) is 30.3 Å². The van der Waals surface area contributed by atoms with E-state index in [2.05, 4.69) is 5.32 Å². The fourth-order valence-corrected chi connectivity index (χ4v) is 5.34. The van der Waals surface area contributed by atoms with Crippen molar-refractivity contribution in [3.05, 3.63) is 58.0 Å². The Kier molecular flexibility index (Phi) is 8.32. The van der Waals surface area contributed by atoms with Gasteiger partial charge in [0.2, 0.25) is 5.91 Å². The Balaban J connectivity index is 1.46. The van der Waals surface area contributed by atoms with Gasteiger partial charge in [-0.1, -0.05) is 36.8 Å². The van der Waals surface area contributed by atoms with Crippen molar-refractivity contribution in [2.45, 2.75) is 83.3 Å². The zero-order valence-electron chi connectivity index (χ0n) is 20.9. The van der Waals surface area contributed by atoms with Crippen LogP contribution in [0.1, 0.15) is 56.1 Å². The van der Waals surface area contributed by atoms with Crippen LogP contribution < -0.4 is 11.1 Å². The fourth-order valence-electron chi connectivity index (χ4n) is 5.34. The molecular weight excluding hydrogens is 484 g/mol. The first-order chi connectivity index (χ1) is 17.7. The lowest BCUT2D eigenvalue weighted by Crippen LogP contribution is -2.54. The molecule has 2 fully saturated rings. The number of ether oxygens (including phenoxy) is 2. The van der Waals surface area contributed by atoms with E-state index in [4.69, 9.17) is 18.3 Å². The standard InChI is InChI=1S/C26H32N2O9/c1-15(23(29)28-20-10-6-9-18(20)13-22(28)37-25(31)32)27-19(12-11-17-7-4-3-5-8-17)24(30)34-14-21-16(2)35-26(33)36-21/h3-5,7-8,15,18-20,22,27H,6,9-14H2,1-2H3,(H,31,32)/t15-,18-,19-,20-,22-/m0/s1. The summed E-state index contributed by atoms with van der Waals surface area (Å²) in [6, 6.07) is 7.86. The molecule has 1 amide bonds. The van der Waals surface area contributed by atoms with Gasteiger partial charge in [0.25, 0.3) is 0 Å². The molecule has 2 N–H and O–H groups in total. The number of likely N-dealkylation sites (tertiary alicyclic amines) is 1. The molecule has 0 bridgehead atoms. The highest BCUT2D eigenvalue weighted by molar-refractivity contribution is 5.84. The van der Waals surface area contributed by atoms with Gasteiger partial charge in [-0.2, -0.15) is 0 Å². The van der Waals surface area contributed by atoms with Crippen LogP contribution in [0, 0.1) is 12.8 Å². The van der Waals surface area contributed by atoms with Gasteiger partial charge in [0.1, 0.15) is 6.04 Å². The molecular formula is C26H32N2O9. The molecule has 1 saturated heterocycles. The van der Waals surface area contributed by atoms with Gasteiger partial charge in [-0.05, 0) is 51.0 Å². The lowest BCUT2D eigenvalue weighted by Gasteiger charge is -2.32. The molecule has 4 rings (SSSR count). The van der Waals surface area contributed by atoms with Gasteiger partial charge in [0, 0.05) is 12.5 Å². The maximum absolute atomic E-state index is 13.5. The van der Waals surface area contributed by atoms with Gasteiger partial charge in [-0.15, -0.1) is 0 Å². The zero-order valence-corrected chi connectivity index (χ0v) is 20.9. The molecule has 200 valence electrons. The molecule has 5 atom stereocenters. The molecule has 2 heterocycles. The maximum atomic E-state index is 13.5. The van der Waals surface area contributed by atoms with E-state index in [-0.39, 0.29) is 36.0 Å².